The van der Waals surface area contributed by atoms with Gasteiger partial charge in [-0.2, -0.15) is 0 Å². The molecule has 132 valence electrons. The lowest BCUT2D eigenvalue weighted by molar-refractivity contribution is 0.0934. The van der Waals surface area contributed by atoms with E-state index in [1.807, 2.05) is 57.2 Å². The van der Waals surface area contributed by atoms with Gasteiger partial charge < -0.3 is 19.5 Å². The van der Waals surface area contributed by atoms with E-state index >= 15 is 0 Å². The van der Waals surface area contributed by atoms with Gasteiger partial charge in [0.1, 0.15) is 19.0 Å². The van der Waals surface area contributed by atoms with Crippen molar-refractivity contribution < 1.29 is 19.0 Å². The van der Waals surface area contributed by atoms with E-state index in [1.54, 1.807) is 6.07 Å². The van der Waals surface area contributed by atoms with Gasteiger partial charge in [-0.3, -0.25) is 4.79 Å². The van der Waals surface area contributed by atoms with Gasteiger partial charge in [-0.05, 0) is 50.6 Å². The smallest absolute Gasteiger partial charge is 0.255 e. The molecule has 1 atom stereocenters. The normalized spacial score (nSPS) is 14.1. The van der Waals surface area contributed by atoms with E-state index in [2.05, 4.69) is 5.32 Å². The van der Waals surface area contributed by atoms with Crippen LogP contribution in [-0.2, 0) is 0 Å². The van der Waals surface area contributed by atoms with Crippen LogP contribution in [0.2, 0.25) is 0 Å². The molecule has 3 rings (SSSR count). The molecular formula is C20H23NO4. The van der Waals surface area contributed by atoms with Crippen molar-refractivity contribution in [1.82, 2.24) is 5.32 Å². The van der Waals surface area contributed by atoms with Crippen molar-refractivity contribution in [3.8, 4) is 17.2 Å². The molecule has 0 bridgehead atoms. The monoisotopic (exact) mass is 341 g/mol. The second kappa shape index (κ2) is 7.47. The number of hydrogen-bond donors (Lipinski definition) is 1. The average Bonchev–Trinajstić information content (AvgIpc) is 2.61. The molecule has 0 unspecified atom stereocenters. The first kappa shape index (κ1) is 17.1. The van der Waals surface area contributed by atoms with E-state index in [0.29, 0.717) is 30.3 Å². The van der Waals surface area contributed by atoms with Crippen molar-refractivity contribution in [1.29, 1.82) is 0 Å². The molecule has 0 radical (unpaired) electrons. The minimum absolute atomic E-state index is 0.00386. The minimum atomic E-state index is -0.171. The third-order valence-electron chi connectivity index (χ3n) is 3.91. The first-order valence-electron chi connectivity index (χ1n) is 8.50. The van der Waals surface area contributed by atoms with E-state index in [0.717, 1.165) is 11.3 Å². The molecular weight excluding hydrogens is 318 g/mol. The third-order valence-corrected chi connectivity index (χ3v) is 3.91. The predicted octanol–water partition coefficient (Wildman–Crippen LogP) is 3.74. The van der Waals surface area contributed by atoms with Gasteiger partial charge in [0, 0.05) is 0 Å². The number of carbonyl (C=O) groups is 1. The summed E-state index contributed by atoms with van der Waals surface area (Å²) in [7, 11) is 0. The molecule has 0 fully saturated rings. The van der Waals surface area contributed by atoms with E-state index in [4.69, 9.17) is 14.2 Å². The highest BCUT2D eigenvalue weighted by Crippen LogP contribution is 2.32. The lowest BCUT2D eigenvalue weighted by atomic mass is 10.1. The molecule has 0 aromatic heterocycles. The summed E-state index contributed by atoms with van der Waals surface area (Å²) >= 11 is 0. The van der Waals surface area contributed by atoms with Crippen LogP contribution in [0.25, 0.3) is 0 Å². The summed E-state index contributed by atoms with van der Waals surface area (Å²) < 4.78 is 16.9. The molecule has 25 heavy (non-hydrogen) atoms. The summed E-state index contributed by atoms with van der Waals surface area (Å²) in [5, 5.41) is 3.02. The van der Waals surface area contributed by atoms with Gasteiger partial charge in [0.15, 0.2) is 11.5 Å². The second-order valence-electron chi connectivity index (χ2n) is 6.26. The highest BCUT2D eigenvalue weighted by Gasteiger charge is 2.18. The van der Waals surface area contributed by atoms with E-state index in [-0.39, 0.29) is 18.1 Å². The third kappa shape index (κ3) is 4.05. The number of para-hydroxylation sites is 1. The van der Waals surface area contributed by atoms with Gasteiger partial charge in [-0.25, -0.2) is 0 Å². The largest absolute Gasteiger partial charge is 0.490 e. The number of fused-ring (bicyclic) bond motifs is 1. The molecule has 1 heterocycles. The van der Waals surface area contributed by atoms with Gasteiger partial charge in [-0.15, -0.1) is 0 Å². The first-order valence-corrected chi connectivity index (χ1v) is 8.50. The maximum Gasteiger partial charge on any atom is 0.255 e. The van der Waals surface area contributed by atoms with Gasteiger partial charge in [0.2, 0.25) is 0 Å². The molecule has 0 aliphatic carbocycles. The zero-order valence-corrected chi connectivity index (χ0v) is 14.7. The lowest BCUT2D eigenvalue weighted by Crippen LogP contribution is -2.27. The van der Waals surface area contributed by atoms with Crippen LogP contribution in [-0.4, -0.2) is 25.2 Å². The van der Waals surface area contributed by atoms with Crippen LogP contribution < -0.4 is 19.5 Å². The summed E-state index contributed by atoms with van der Waals surface area (Å²) in [6.07, 6.45) is 0.00386. The number of nitrogens with one attached hydrogen (secondary N) is 1. The lowest BCUT2D eigenvalue weighted by Gasteiger charge is -2.21. The molecule has 0 saturated heterocycles. The van der Waals surface area contributed by atoms with Crippen molar-refractivity contribution in [2.45, 2.75) is 32.9 Å². The Morgan fingerprint density at radius 2 is 1.76 bits per heavy atom. The number of hydrogen-bond acceptors (Lipinski definition) is 4. The second-order valence-corrected chi connectivity index (χ2v) is 6.26. The summed E-state index contributed by atoms with van der Waals surface area (Å²) in [5.74, 6) is 1.88. The summed E-state index contributed by atoms with van der Waals surface area (Å²) in [5.41, 5.74) is 1.49. The van der Waals surface area contributed by atoms with Crippen LogP contribution >= 0.6 is 0 Å². The van der Waals surface area contributed by atoms with Crippen LogP contribution in [0.4, 0.5) is 0 Å². The summed E-state index contributed by atoms with van der Waals surface area (Å²) in [6.45, 7) is 6.91. The molecule has 2 aromatic rings. The van der Waals surface area contributed by atoms with Gasteiger partial charge in [0.25, 0.3) is 5.91 Å². The Labute approximate surface area is 147 Å². The SMILES string of the molecule is CC(C)Oc1ccccc1C(=O)N[C@H](C)c1ccc2c(c1)OCCO2. The molecule has 1 amide bonds. The Morgan fingerprint density at radius 3 is 2.52 bits per heavy atom. The number of ether oxygens (including phenoxy) is 3. The van der Waals surface area contributed by atoms with E-state index < -0.39 is 0 Å². The van der Waals surface area contributed by atoms with Crippen molar-refractivity contribution in [2.24, 2.45) is 0 Å². The van der Waals surface area contributed by atoms with Crippen molar-refractivity contribution in [2.75, 3.05) is 13.2 Å². The maximum absolute atomic E-state index is 12.7. The topological polar surface area (TPSA) is 56.8 Å². The van der Waals surface area contributed by atoms with Crippen LogP contribution in [0.5, 0.6) is 17.2 Å². The molecule has 1 aliphatic rings. The Bertz CT molecular complexity index is 757. The molecule has 0 spiro atoms. The van der Waals surface area contributed by atoms with Gasteiger partial charge in [0.05, 0.1) is 17.7 Å². The van der Waals surface area contributed by atoms with E-state index in [9.17, 15) is 4.79 Å². The minimum Gasteiger partial charge on any atom is -0.490 e. The first-order chi connectivity index (χ1) is 12.0. The molecule has 1 N–H and O–H groups in total. The summed E-state index contributed by atoms with van der Waals surface area (Å²) in [4.78, 5) is 12.7. The molecule has 0 saturated carbocycles. The Kier molecular flexibility index (Phi) is 5.12. The molecule has 2 aromatic carbocycles. The quantitative estimate of drug-likeness (QED) is 0.900. The van der Waals surface area contributed by atoms with Crippen LogP contribution in [0.15, 0.2) is 42.5 Å². The van der Waals surface area contributed by atoms with Gasteiger partial charge in [-0.1, -0.05) is 18.2 Å². The van der Waals surface area contributed by atoms with Crippen molar-refractivity contribution in [3.05, 3.63) is 53.6 Å². The highest BCUT2D eigenvalue weighted by atomic mass is 16.6. The number of rotatable bonds is 5. The fourth-order valence-electron chi connectivity index (χ4n) is 2.70. The van der Waals surface area contributed by atoms with Crippen LogP contribution in [0.3, 0.4) is 0 Å². The fraction of sp³-hybridized carbons (Fsp3) is 0.350. The number of benzene rings is 2. The van der Waals surface area contributed by atoms with Crippen LogP contribution in [0.1, 0.15) is 42.7 Å². The Morgan fingerprint density at radius 1 is 1.04 bits per heavy atom. The molecule has 1 aliphatic heterocycles. The average molecular weight is 341 g/mol. The Hall–Kier alpha value is -2.69. The zero-order valence-electron chi connectivity index (χ0n) is 14.7. The zero-order chi connectivity index (χ0) is 17.8. The molecule has 5 nitrogen and oxygen atoms in total. The number of amides is 1. The maximum atomic E-state index is 12.7. The standard InChI is InChI=1S/C20H23NO4/c1-13(2)25-17-7-5-4-6-16(17)20(22)21-14(3)15-8-9-18-19(12-15)24-11-10-23-18/h4-9,12-14H,10-11H2,1-3H3,(H,21,22)/t14-/m1/s1. The van der Waals surface area contributed by atoms with Crippen molar-refractivity contribution >= 4 is 5.91 Å². The van der Waals surface area contributed by atoms with Gasteiger partial charge >= 0.3 is 0 Å². The van der Waals surface area contributed by atoms with Crippen LogP contribution in [0, 0.1) is 0 Å². The molecule has 5 heteroatoms. The van der Waals surface area contributed by atoms with Crippen molar-refractivity contribution in [3.63, 3.8) is 0 Å². The predicted molar refractivity (Wildman–Crippen MR) is 95.5 cm³/mol. The van der Waals surface area contributed by atoms with E-state index in [1.165, 1.54) is 0 Å². The fourth-order valence-corrected chi connectivity index (χ4v) is 2.70. The number of carbonyl (C=O) groups excluding carboxylic acids is 1. The Balaban J connectivity index is 1.75. The highest BCUT2D eigenvalue weighted by molar-refractivity contribution is 5.97. The summed E-state index contributed by atoms with van der Waals surface area (Å²) in [6, 6.07) is 12.8.